The summed E-state index contributed by atoms with van der Waals surface area (Å²) in [7, 11) is -3.62. The number of carbonyl (C=O) groups is 1. The van der Waals surface area contributed by atoms with Crippen molar-refractivity contribution in [1.29, 1.82) is 0 Å². The lowest BCUT2D eigenvalue weighted by molar-refractivity contribution is -0.0440. The lowest BCUT2D eigenvalue weighted by Gasteiger charge is -2.34. The number of nitrogens with one attached hydrogen (secondary N) is 1. The topological polar surface area (TPSA) is 75.7 Å². The molecule has 1 fully saturated rings. The first-order chi connectivity index (χ1) is 13.2. The van der Waals surface area contributed by atoms with E-state index in [-0.39, 0.29) is 23.0 Å². The van der Waals surface area contributed by atoms with E-state index >= 15 is 0 Å². The van der Waals surface area contributed by atoms with Crippen LogP contribution >= 0.6 is 15.9 Å². The number of ether oxygens (including phenoxy) is 1. The van der Waals surface area contributed by atoms with Crippen LogP contribution in [0.25, 0.3) is 0 Å². The molecule has 1 saturated heterocycles. The number of rotatable bonds is 4. The van der Waals surface area contributed by atoms with E-state index in [4.69, 9.17) is 4.74 Å². The summed E-state index contributed by atoms with van der Waals surface area (Å²) in [6.45, 7) is 6.31. The largest absolute Gasteiger partial charge is 0.373 e. The Morgan fingerprint density at radius 1 is 1.11 bits per heavy atom. The van der Waals surface area contributed by atoms with Gasteiger partial charge in [0.2, 0.25) is 10.0 Å². The summed E-state index contributed by atoms with van der Waals surface area (Å²) in [5, 5.41) is 2.81. The molecule has 1 amide bonds. The van der Waals surface area contributed by atoms with Gasteiger partial charge in [-0.15, -0.1) is 0 Å². The predicted molar refractivity (Wildman–Crippen MR) is 112 cm³/mol. The highest BCUT2D eigenvalue weighted by atomic mass is 79.9. The van der Waals surface area contributed by atoms with Crippen LogP contribution in [0.2, 0.25) is 0 Å². The van der Waals surface area contributed by atoms with Crippen molar-refractivity contribution in [1.82, 2.24) is 4.31 Å². The van der Waals surface area contributed by atoms with Crippen molar-refractivity contribution in [2.75, 3.05) is 18.4 Å². The number of hydrogen-bond acceptors (Lipinski definition) is 4. The number of aryl methyl sites for hydroxylation is 1. The van der Waals surface area contributed by atoms with Crippen molar-refractivity contribution in [3.63, 3.8) is 0 Å². The molecule has 2 aromatic rings. The summed E-state index contributed by atoms with van der Waals surface area (Å²) in [4.78, 5) is 12.6. The number of anilines is 1. The monoisotopic (exact) mass is 466 g/mol. The number of amides is 1. The zero-order chi connectivity index (χ0) is 20.5. The zero-order valence-electron chi connectivity index (χ0n) is 16.0. The molecular formula is C20H23BrN2O4S. The van der Waals surface area contributed by atoms with Gasteiger partial charge >= 0.3 is 0 Å². The van der Waals surface area contributed by atoms with Crippen molar-refractivity contribution in [2.45, 2.75) is 37.9 Å². The molecule has 1 N–H and O–H groups in total. The van der Waals surface area contributed by atoms with E-state index in [2.05, 4.69) is 21.2 Å². The Morgan fingerprint density at radius 3 is 2.29 bits per heavy atom. The lowest BCUT2D eigenvalue weighted by atomic mass is 10.2. The average Bonchev–Trinajstić information content (AvgIpc) is 2.64. The Kier molecular flexibility index (Phi) is 6.24. The van der Waals surface area contributed by atoms with Gasteiger partial charge in [0.1, 0.15) is 0 Å². The van der Waals surface area contributed by atoms with E-state index < -0.39 is 10.0 Å². The van der Waals surface area contributed by atoms with Crippen LogP contribution in [0.3, 0.4) is 0 Å². The molecule has 8 heteroatoms. The van der Waals surface area contributed by atoms with Crippen LogP contribution in [-0.4, -0.2) is 43.9 Å². The van der Waals surface area contributed by atoms with E-state index in [1.165, 1.54) is 28.6 Å². The number of halogens is 1. The lowest BCUT2D eigenvalue weighted by Crippen LogP contribution is -2.48. The van der Waals surface area contributed by atoms with Crippen molar-refractivity contribution in [3.8, 4) is 0 Å². The Morgan fingerprint density at radius 2 is 1.71 bits per heavy atom. The third kappa shape index (κ3) is 4.63. The Bertz CT molecular complexity index is 966. The summed E-state index contributed by atoms with van der Waals surface area (Å²) in [5.74, 6) is -0.298. The standard InChI is InChI=1S/C20H23BrN2O4S/c1-13-4-7-17(10-19(13)21)22-20(24)16-5-8-18(9-6-16)28(25,26)23-11-14(2)27-15(3)12-23/h4-10,14-15H,11-12H2,1-3H3,(H,22,24). The van der Waals surface area contributed by atoms with Crippen molar-refractivity contribution in [2.24, 2.45) is 0 Å². The molecule has 150 valence electrons. The molecule has 0 saturated carbocycles. The molecule has 2 aromatic carbocycles. The smallest absolute Gasteiger partial charge is 0.255 e. The number of morpholine rings is 1. The van der Waals surface area contributed by atoms with E-state index in [0.29, 0.717) is 24.3 Å². The third-order valence-electron chi connectivity index (χ3n) is 4.57. The second-order valence-electron chi connectivity index (χ2n) is 7.02. The highest BCUT2D eigenvalue weighted by Gasteiger charge is 2.32. The van der Waals surface area contributed by atoms with Gasteiger partial charge in [0.25, 0.3) is 5.91 Å². The van der Waals surface area contributed by atoms with Gasteiger partial charge in [-0.3, -0.25) is 4.79 Å². The molecule has 1 aliphatic rings. The summed E-state index contributed by atoms with van der Waals surface area (Å²) < 4.78 is 33.7. The number of carbonyl (C=O) groups excluding carboxylic acids is 1. The molecule has 1 heterocycles. The first-order valence-corrected chi connectivity index (χ1v) is 11.2. The van der Waals surface area contributed by atoms with Crippen LogP contribution in [0.1, 0.15) is 29.8 Å². The molecule has 0 radical (unpaired) electrons. The molecule has 2 unspecified atom stereocenters. The van der Waals surface area contributed by atoms with E-state index in [0.717, 1.165) is 10.0 Å². The number of hydrogen-bond donors (Lipinski definition) is 1. The minimum atomic E-state index is -3.62. The van der Waals surface area contributed by atoms with Gasteiger partial charge in [-0.05, 0) is 62.7 Å². The molecule has 3 rings (SSSR count). The van der Waals surface area contributed by atoms with Crippen LogP contribution in [0.15, 0.2) is 51.8 Å². The first kappa shape index (κ1) is 21.0. The first-order valence-electron chi connectivity index (χ1n) is 9.00. The van der Waals surface area contributed by atoms with Crippen LogP contribution in [0.4, 0.5) is 5.69 Å². The average molecular weight is 467 g/mol. The van der Waals surface area contributed by atoms with Gasteiger partial charge in [0.05, 0.1) is 17.1 Å². The van der Waals surface area contributed by atoms with Gasteiger partial charge < -0.3 is 10.1 Å². The summed E-state index contributed by atoms with van der Waals surface area (Å²) in [6, 6.07) is 11.5. The molecule has 6 nitrogen and oxygen atoms in total. The van der Waals surface area contributed by atoms with Crippen LogP contribution < -0.4 is 5.32 Å². The Balaban J connectivity index is 1.75. The number of nitrogens with zero attached hydrogens (tertiary/aromatic N) is 1. The van der Waals surface area contributed by atoms with E-state index in [1.54, 1.807) is 0 Å². The molecule has 0 aromatic heterocycles. The Labute approximate surface area is 174 Å². The molecular weight excluding hydrogens is 444 g/mol. The van der Waals surface area contributed by atoms with Crippen LogP contribution in [0.5, 0.6) is 0 Å². The van der Waals surface area contributed by atoms with Crippen molar-refractivity contribution in [3.05, 3.63) is 58.1 Å². The van der Waals surface area contributed by atoms with Crippen molar-refractivity contribution >= 4 is 37.5 Å². The number of benzene rings is 2. The van der Waals surface area contributed by atoms with Crippen LogP contribution in [0, 0.1) is 6.92 Å². The molecule has 28 heavy (non-hydrogen) atoms. The molecule has 2 atom stereocenters. The van der Waals surface area contributed by atoms with Crippen molar-refractivity contribution < 1.29 is 17.9 Å². The fourth-order valence-corrected chi connectivity index (χ4v) is 5.10. The van der Waals surface area contributed by atoms with Crippen LogP contribution in [-0.2, 0) is 14.8 Å². The molecule has 1 aliphatic heterocycles. The molecule has 0 bridgehead atoms. The highest BCUT2D eigenvalue weighted by molar-refractivity contribution is 9.10. The Hall–Kier alpha value is -1.74. The molecule has 0 aliphatic carbocycles. The zero-order valence-corrected chi connectivity index (χ0v) is 18.4. The fraction of sp³-hybridized carbons (Fsp3) is 0.350. The van der Waals surface area contributed by atoms with E-state index in [9.17, 15) is 13.2 Å². The normalized spacial score (nSPS) is 20.7. The highest BCUT2D eigenvalue weighted by Crippen LogP contribution is 2.23. The van der Waals surface area contributed by atoms with Gasteiger partial charge in [-0.25, -0.2) is 8.42 Å². The predicted octanol–water partition coefficient (Wildman–Crippen LogP) is 3.81. The minimum Gasteiger partial charge on any atom is -0.373 e. The summed E-state index contributed by atoms with van der Waals surface area (Å²) in [6.07, 6.45) is -0.310. The summed E-state index contributed by atoms with van der Waals surface area (Å²) in [5.41, 5.74) is 2.12. The SMILES string of the molecule is Cc1ccc(NC(=O)c2ccc(S(=O)(=O)N3CC(C)OC(C)C3)cc2)cc1Br. The fourth-order valence-electron chi connectivity index (χ4n) is 3.13. The van der Waals surface area contributed by atoms with Gasteiger partial charge in [-0.1, -0.05) is 22.0 Å². The quantitative estimate of drug-likeness (QED) is 0.742. The third-order valence-corrected chi connectivity index (χ3v) is 7.27. The second-order valence-corrected chi connectivity index (χ2v) is 9.81. The van der Waals surface area contributed by atoms with Gasteiger partial charge in [0, 0.05) is 28.8 Å². The maximum atomic E-state index is 12.9. The maximum absolute atomic E-state index is 12.9. The minimum absolute atomic E-state index is 0.155. The maximum Gasteiger partial charge on any atom is 0.255 e. The second kappa shape index (κ2) is 8.32. The van der Waals surface area contributed by atoms with Gasteiger partial charge in [-0.2, -0.15) is 4.31 Å². The molecule has 0 spiro atoms. The van der Waals surface area contributed by atoms with E-state index in [1.807, 2.05) is 39.0 Å². The summed E-state index contributed by atoms with van der Waals surface area (Å²) >= 11 is 3.44. The number of sulfonamides is 1. The van der Waals surface area contributed by atoms with Gasteiger partial charge in [0.15, 0.2) is 0 Å².